The van der Waals surface area contributed by atoms with Crippen molar-refractivity contribution in [3.8, 4) is 33.4 Å². The molecular weight excluding hydrogens is 639 g/mol. The lowest BCUT2D eigenvalue weighted by Gasteiger charge is -2.19. The van der Waals surface area contributed by atoms with Gasteiger partial charge in [0.15, 0.2) is 11.5 Å². The van der Waals surface area contributed by atoms with E-state index in [1.165, 1.54) is 87.6 Å². The van der Waals surface area contributed by atoms with Gasteiger partial charge in [-0.3, -0.25) is 0 Å². The normalized spacial score (nSPS) is 13.9. The van der Waals surface area contributed by atoms with Gasteiger partial charge >= 0.3 is 0 Å². The highest BCUT2D eigenvalue weighted by Crippen LogP contribution is 2.50. The fourth-order valence-electron chi connectivity index (χ4n) is 8.82. The van der Waals surface area contributed by atoms with Crippen molar-refractivity contribution in [2.45, 2.75) is 31.6 Å². The molecule has 1 saturated carbocycles. The van der Waals surface area contributed by atoms with Crippen LogP contribution < -0.4 is 0 Å². The highest BCUT2D eigenvalue weighted by atomic mass is 32.1. The van der Waals surface area contributed by atoms with E-state index in [4.69, 9.17) is 9.40 Å². The van der Waals surface area contributed by atoms with Gasteiger partial charge in [-0.1, -0.05) is 128 Å². The van der Waals surface area contributed by atoms with E-state index in [0.29, 0.717) is 5.92 Å². The summed E-state index contributed by atoms with van der Waals surface area (Å²) in [5, 5.41) is 10.2. The van der Waals surface area contributed by atoms with Crippen LogP contribution in [0.2, 0.25) is 0 Å². The zero-order valence-electron chi connectivity index (χ0n) is 28.0. The van der Waals surface area contributed by atoms with Crippen LogP contribution in [0.4, 0.5) is 0 Å². The van der Waals surface area contributed by atoms with Crippen molar-refractivity contribution >= 4 is 74.9 Å². The van der Waals surface area contributed by atoms with E-state index < -0.39 is 0 Å². The molecule has 0 bridgehead atoms. The summed E-state index contributed by atoms with van der Waals surface area (Å²) in [6, 6.07) is 53.6. The molecule has 8 aromatic carbocycles. The summed E-state index contributed by atoms with van der Waals surface area (Å²) in [7, 11) is 0. The summed E-state index contributed by atoms with van der Waals surface area (Å²) in [5.41, 5.74) is 9.15. The molecule has 242 valence electrons. The van der Waals surface area contributed by atoms with Crippen molar-refractivity contribution < 1.29 is 4.42 Å². The Morgan fingerprint density at radius 1 is 0.510 bits per heavy atom. The van der Waals surface area contributed by atoms with Crippen LogP contribution in [0.3, 0.4) is 0 Å². The number of para-hydroxylation sites is 1. The van der Waals surface area contributed by atoms with Crippen LogP contribution in [0.5, 0.6) is 0 Å². The fourth-order valence-corrected chi connectivity index (χ4v) is 10.0. The zero-order valence-corrected chi connectivity index (χ0v) is 28.8. The van der Waals surface area contributed by atoms with Crippen molar-refractivity contribution in [2.24, 2.45) is 0 Å². The number of benzene rings is 8. The number of hydrogen-bond donors (Lipinski definition) is 0. The van der Waals surface area contributed by atoms with Gasteiger partial charge in [-0.2, -0.15) is 0 Å². The Morgan fingerprint density at radius 2 is 1.16 bits per heavy atom. The summed E-state index contributed by atoms with van der Waals surface area (Å²) in [6.45, 7) is 0. The molecule has 1 aliphatic rings. The third-order valence-electron chi connectivity index (χ3n) is 11.1. The summed E-state index contributed by atoms with van der Waals surface area (Å²) in [6.07, 6.45) is 4.82. The average molecular weight is 672 g/mol. The lowest BCUT2D eigenvalue weighted by molar-refractivity contribution is 0.475. The van der Waals surface area contributed by atoms with E-state index in [9.17, 15) is 0 Å². The van der Waals surface area contributed by atoms with Crippen LogP contribution in [0.15, 0.2) is 150 Å². The monoisotopic (exact) mass is 671 g/mol. The van der Waals surface area contributed by atoms with Gasteiger partial charge in [0.25, 0.3) is 0 Å². The molecule has 3 heteroatoms. The number of aromatic nitrogens is 1. The van der Waals surface area contributed by atoms with E-state index in [2.05, 4.69) is 146 Å². The second-order valence-corrected chi connectivity index (χ2v) is 15.2. The van der Waals surface area contributed by atoms with Gasteiger partial charge in [0.05, 0.1) is 0 Å². The predicted octanol–water partition coefficient (Wildman–Crippen LogP) is 14.3. The third kappa shape index (κ3) is 4.51. The highest BCUT2D eigenvalue weighted by Gasteiger charge is 2.25. The van der Waals surface area contributed by atoms with Crippen LogP contribution in [-0.2, 0) is 0 Å². The molecule has 0 spiro atoms. The quantitative estimate of drug-likeness (QED) is 0.174. The van der Waals surface area contributed by atoms with Gasteiger partial charge in [-0.05, 0) is 103 Å². The third-order valence-corrected chi connectivity index (χ3v) is 12.2. The van der Waals surface area contributed by atoms with Crippen molar-refractivity contribution in [3.63, 3.8) is 0 Å². The maximum Gasteiger partial charge on any atom is 0.198 e. The number of hydrogen-bond acceptors (Lipinski definition) is 3. The van der Waals surface area contributed by atoms with Crippen molar-refractivity contribution in [1.82, 2.24) is 4.98 Å². The minimum Gasteiger partial charge on any atom is -0.440 e. The number of oxazole rings is 1. The summed E-state index contributed by atoms with van der Waals surface area (Å²) in [5.74, 6) is 1.32. The molecule has 1 aliphatic carbocycles. The van der Waals surface area contributed by atoms with E-state index in [1.54, 1.807) is 0 Å². The summed E-state index contributed by atoms with van der Waals surface area (Å²) < 4.78 is 9.29. The first-order valence-electron chi connectivity index (χ1n) is 18.1. The molecule has 51 heavy (non-hydrogen) atoms. The smallest absolute Gasteiger partial charge is 0.198 e. The SMILES string of the molecule is c1ccc(-c2c3ccccc3c(-c3cc(-c4cccc5nc(C6CCCC6)oc45)cc4sc5cc6ccccc6cc5c34)c3ccccc23)cc1. The summed E-state index contributed by atoms with van der Waals surface area (Å²) in [4.78, 5) is 5.05. The molecule has 2 aromatic heterocycles. The Hall–Kier alpha value is -5.77. The fraction of sp³-hybridized carbons (Fsp3) is 0.104. The Labute approximate surface area is 299 Å². The molecule has 0 unspecified atom stereocenters. The average Bonchev–Trinajstić information content (AvgIpc) is 3.95. The Bertz CT molecular complexity index is 2920. The molecule has 0 saturated heterocycles. The van der Waals surface area contributed by atoms with Crippen LogP contribution in [-0.4, -0.2) is 4.98 Å². The highest BCUT2D eigenvalue weighted by molar-refractivity contribution is 7.26. The van der Waals surface area contributed by atoms with Gasteiger partial charge < -0.3 is 4.42 Å². The largest absolute Gasteiger partial charge is 0.440 e. The molecule has 10 aromatic rings. The lowest BCUT2D eigenvalue weighted by atomic mass is 9.84. The Balaban J connectivity index is 1.28. The zero-order chi connectivity index (χ0) is 33.5. The van der Waals surface area contributed by atoms with Crippen LogP contribution in [0.25, 0.3) is 97.0 Å². The minimum atomic E-state index is 0.417. The summed E-state index contributed by atoms with van der Waals surface area (Å²) >= 11 is 1.89. The maximum atomic E-state index is 6.70. The number of thiophene rings is 1. The molecule has 0 N–H and O–H groups in total. The van der Waals surface area contributed by atoms with Crippen LogP contribution in [0.1, 0.15) is 37.5 Å². The number of rotatable bonds is 4. The molecule has 11 rings (SSSR count). The lowest BCUT2D eigenvalue weighted by Crippen LogP contribution is -1.92. The van der Waals surface area contributed by atoms with E-state index in [-0.39, 0.29) is 0 Å². The van der Waals surface area contributed by atoms with Gasteiger partial charge in [-0.15, -0.1) is 11.3 Å². The molecular formula is C48H33NOS. The maximum absolute atomic E-state index is 6.70. The second-order valence-electron chi connectivity index (χ2n) is 14.1. The minimum absolute atomic E-state index is 0.417. The first kappa shape index (κ1) is 29.0. The van der Waals surface area contributed by atoms with Gasteiger partial charge in [0.2, 0.25) is 0 Å². The first-order chi connectivity index (χ1) is 25.3. The van der Waals surface area contributed by atoms with E-state index in [0.717, 1.165) is 41.0 Å². The standard InChI is InChI=1S/C48H33NOS/c1-2-13-29(14-3-1)44-35-19-8-10-21-37(35)45(38-22-11-9-20-36(38)44)40-26-33(34-23-12-24-41-47(34)50-48(49-41)30-15-4-5-16-30)28-43-46(40)39-25-31-17-6-7-18-32(31)27-42(39)51-43/h1-3,6-14,17-28,30H,4-5,15-16H2. The number of nitrogens with zero attached hydrogens (tertiary/aromatic N) is 1. The number of fused-ring (bicyclic) bond motifs is 7. The molecule has 2 nitrogen and oxygen atoms in total. The molecule has 0 aliphatic heterocycles. The van der Waals surface area contributed by atoms with E-state index >= 15 is 0 Å². The van der Waals surface area contributed by atoms with Crippen molar-refractivity contribution in [2.75, 3.05) is 0 Å². The second kappa shape index (κ2) is 11.4. The molecule has 0 atom stereocenters. The first-order valence-corrected chi connectivity index (χ1v) is 18.9. The van der Waals surface area contributed by atoms with Gasteiger partial charge in [0, 0.05) is 31.7 Å². The van der Waals surface area contributed by atoms with Crippen molar-refractivity contribution in [1.29, 1.82) is 0 Å². The topological polar surface area (TPSA) is 26.0 Å². The van der Waals surface area contributed by atoms with Crippen molar-refractivity contribution in [3.05, 3.63) is 151 Å². The van der Waals surface area contributed by atoms with Crippen LogP contribution >= 0.6 is 11.3 Å². The van der Waals surface area contributed by atoms with Crippen LogP contribution in [0, 0.1) is 0 Å². The Morgan fingerprint density at radius 3 is 1.88 bits per heavy atom. The van der Waals surface area contributed by atoms with Gasteiger partial charge in [0.1, 0.15) is 5.52 Å². The van der Waals surface area contributed by atoms with E-state index in [1.807, 2.05) is 11.3 Å². The molecule has 2 heterocycles. The molecule has 0 radical (unpaired) electrons. The van der Waals surface area contributed by atoms with Gasteiger partial charge in [-0.25, -0.2) is 4.98 Å². The molecule has 0 amide bonds. The molecule has 1 fully saturated rings. The predicted molar refractivity (Wildman–Crippen MR) is 217 cm³/mol. The Kier molecular flexibility index (Phi) is 6.47.